The predicted octanol–water partition coefficient (Wildman–Crippen LogP) is 4.32. The minimum atomic E-state index is -0.579. The van der Waals surface area contributed by atoms with Crippen molar-refractivity contribution < 1.29 is 14.6 Å². The van der Waals surface area contributed by atoms with Crippen molar-refractivity contribution in [3.63, 3.8) is 0 Å². The van der Waals surface area contributed by atoms with E-state index in [-0.39, 0.29) is 12.0 Å². The number of rotatable bonds is 11. The van der Waals surface area contributed by atoms with E-state index in [4.69, 9.17) is 9.47 Å². The first kappa shape index (κ1) is 19.0. The van der Waals surface area contributed by atoms with Crippen LogP contribution in [0.1, 0.15) is 58.9 Å². The molecule has 126 valence electrons. The molecule has 0 aliphatic rings. The molecule has 0 aliphatic heterocycles. The number of unbranched alkanes of at least 4 members (excludes halogenated alkanes) is 2. The average Bonchev–Trinajstić information content (AvgIpc) is 2.51. The number of hydrogen-bond donors (Lipinski definition) is 1. The van der Waals surface area contributed by atoms with Crippen molar-refractivity contribution >= 4 is 0 Å². The van der Waals surface area contributed by atoms with Crippen LogP contribution in [0.4, 0.5) is 0 Å². The maximum atomic E-state index is 9.70. The molecular formula is C19H32O3. The molecule has 0 bridgehead atoms. The summed E-state index contributed by atoms with van der Waals surface area (Å²) in [6.45, 7) is 9.93. The van der Waals surface area contributed by atoms with Crippen LogP contribution in [0.15, 0.2) is 24.3 Å². The van der Waals surface area contributed by atoms with Crippen LogP contribution in [0.5, 0.6) is 5.75 Å². The number of benzene rings is 1. The summed E-state index contributed by atoms with van der Waals surface area (Å²) < 4.78 is 10.8. The molecule has 0 aliphatic carbocycles. The van der Waals surface area contributed by atoms with Crippen LogP contribution in [0.25, 0.3) is 0 Å². The van der Waals surface area contributed by atoms with Gasteiger partial charge in [-0.3, -0.25) is 0 Å². The minimum Gasteiger partial charge on any atom is -0.491 e. The van der Waals surface area contributed by atoms with Crippen LogP contribution in [0, 0.1) is 0 Å². The lowest BCUT2D eigenvalue weighted by Crippen LogP contribution is -2.23. The van der Waals surface area contributed by atoms with Crippen LogP contribution >= 0.6 is 0 Å². The Hall–Kier alpha value is -1.06. The summed E-state index contributed by atoms with van der Waals surface area (Å²) in [4.78, 5) is 0. The Morgan fingerprint density at radius 3 is 2.32 bits per heavy atom. The van der Waals surface area contributed by atoms with E-state index in [1.807, 2.05) is 19.1 Å². The third kappa shape index (κ3) is 6.80. The van der Waals surface area contributed by atoms with Crippen molar-refractivity contribution in [2.75, 3.05) is 19.8 Å². The number of aliphatic hydroxyl groups excluding tert-OH is 1. The lowest BCUT2D eigenvalue weighted by Gasteiger charge is -2.25. The van der Waals surface area contributed by atoms with Gasteiger partial charge in [0.15, 0.2) is 0 Å². The zero-order valence-corrected chi connectivity index (χ0v) is 14.6. The van der Waals surface area contributed by atoms with Crippen molar-refractivity contribution in [1.82, 2.24) is 0 Å². The highest BCUT2D eigenvalue weighted by Crippen LogP contribution is 2.30. The van der Waals surface area contributed by atoms with Gasteiger partial charge in [0.1, 0.15) is 18.5 Å². The molecule has 1 unspecified atom stereocenters. The van der Waals surface area contributed by atoms with Gasteiger partial charge in [0.05, 0.1) is 6.61 Å². The predicted molar refractivity (Wildman–Crippen MR) is 91.6 cm³/mol. The second kappa shape index (κ2) is 9.86. The molecule has 1 atom stereocenters. The molecule has 1 aromatic rings. The largest absolute Gasteiger partial charge is 0.491 e. The highest BCUT2D eigenvalue weighted by Gasteiger charge is 2.19. The Morgan fingerprint density at radius 1 is 1.05 bits per heavy atom. The second-order valence-corrected chi connectivity index (χ2v) is 6.49. The van der Waals surface area contributed by atoms with E-state index < -0.39 is 6.10 Å². The standard InChI is InChI=1S/C19H32O3/c1-5-7-8-13-19(3,4)16-9-11-18(12-10-16)22-15-17(20)14-21-6-2/h9-12,17,20H,5-8,13-15H2,1-4H3. The van der Waals surface area contributed by atoms with Crippen molar-refractivity contribution in [3.05, 3.63) is 29.8 Å². The molecule has 0 aromatic heterocycles. The first-order valence-electron chi connectivity index (χ1n) is 8.48. The van der Waals surface area contributed by atoms with Crippen molar-refractivity contribution in [2.24, 2.45) is 0 Å². The van der Waals surface area contributed by atoms with Crippen LogP contribution in [-0.2, 0) is 10.2 Å². The van der Waals surface area contributed by atoms with E-state index in [2.05, 4.69) is 32.9 Å². The third-order valence-corrected chi connectivity index (χ3v) is 4.00. The highest BCUT2D eigenvalue weighted by molar-refractivity contribution is 5.31. The van der Waals surface area contributed by atoms with Gasteiger partial charge >= 0.3 is 0 Å². The fraction of sp³-hybridized carbons (Fsp3) is 0.684. The molecule has 3 nitrogen and oxygen atoms in total. The van der Waals surface area contributed by atoms with Gasteiger partial charge in [0.2, 0.25) is 0 Å². The Morgan fingerprint density at radius 2 is 1.73 bits per heavy atom. The Labute approximate surface area is 135 Å². The van der Waals surface area contributed by atoms with Crippen LogP contribution in [-0.4, -0.2) is 31.0 Å². The molecular weight excluding hydrogens is 276 g/mol. The summed E-state index contributed by atoms with van der Waals surface area (Å²) >= 11 is 0. The SMILES string of the molecule is CCCCCC(C)(C)c1ccc(OCC(O)COCC)cc1. The van der Waals surface area contributed by atoms with E-state index in [1.54, 1.807) is 0 Å². The molecule has 1 N–H and O–H groups in total. The number of aliphatic hydroxyl groups is 1. The fourth-order valence-electron chi connectivity index (χ4n) is 2.46. The quantitative estimate of drug-likeness (QED) is 0.619. The maximum absolute atomic E-state index is 9.70. The Bertz CT molecular complexity index is 398. The molecule has 0 heterocycles. The highest BCUT2D eigenvalue weighted by atomic mass is 16.5. The van der Waals surface area contributed by atoms with Crippen LogP contribution in [0.3, 0.4) is 0 Å². The summed E-state index contributed by atoms with van der Waals surface area (Å²) in [6.07, 6.45) is 4.44. The number of hydrogen-bond acceptors (Lipinski definition) is 3. The van der Waals surface area contributed by atoms with Crippen LogP contribution < -0.4 is 4.74 Å². The van der Waals surface area contributed by atoms with E-state index >= 15 is 0 Å². The van der Waals surface area contributed by atoms with Crippen molar-refractivity contribution in [3.8, 4) is 5.75 Å². The monoisotopic (exact) mass is 308 g/mol. The van der Waals surface area contributed by atoms with Gasteiger partial charge < -0.3 is 14.6 Å². The molecule has 0 spiro atoms. The van der Waals surface area contributed by atoms with Crippen LogP contribution in [0.2, 0.25) is 0 Å². The first-order chi connectivity index (χ1) is 10.5. The van der Waals surface area contributed by atoms with Gasteiger partial charge in [-0.25, -0.2) is 0 Å². The molecule has 0 saturated carbocycles. The lowest BCUT2D eigenvalue weighted by molar-refractivity contribution is 0.0164. The molecule has 1 rings (SSSR count). The summed E-state index contributed by atoms with van der Waals surface area (Å²) in [5, 5.41) is 9.70. The van der Waals surface area contributed by atoms with Crippen molar-refractivity contribution in [1.29, 1.82) is 0 Å². The lowest BCUT2D eigenvalue weighted by atomic mass is 9.80. The summed E-state index contributed by atoms with van der Waals surface area (Å²) in [7, 11) is 0. The molecule has 0 saturated heterocycles. The molecule has 0 amide bonds. The van der Waals surface area contributed by atoms with E-state index in [0.29, 0.717) is 13.2 Å². The van der Waals surface area contributed by atoms with E-state index in [0.717, 1.165) is 5.75 Å². The van der Waals surface area contributed by atoms with Gasteiger partial charge in [0, 0.05) is 6.61 Å². The second-order valence-electron chi connectivity index (χ2n) is 6.49. The normalized spacial score (nSPS) is 13.1. The maximum Gasteiger partial charge on any atom is 0.119 e. The smallest absolute Gasteiger partial charge is 0.119 e. The zero-order valence-electron chi connectivity index (χ0n) is 14.6. The summed E-state index contributed by atoms with van der Waals surface area (Å²) in [5.74, 6) is 0.795. The van der Waals surface area contributed by atoms with Gasteiger partial charge in [-0.15, -0.1) is 0 Å². The minimum absolute atomic E-state index is 0.197. The van der Waals surface area contributed by atoms with Gasteiger partial charge in [-0.1, -0.05) is 52.2 Å². The fourth-order valence-corrected chi connectivity index (χ4v) is 2.46. The topological polar surface area (TPSA) is 38.7 Å². The Kier molecular flexibility index (Phi) is 8.51. The summed E-state index contributed by atoms with van der Waals surface area (Å²) in [6, 6.07) is 8.25. The van der Waals surface area contributed by atoms with E-state index in [1.165, 1.54) is 31.2 Å². The van der Waals surface area contributed by atoms with E-state index in [9.17, 15) is 5.11 Å². The first-order valence-corrected chi connectivity index (χ1v) is 8.48. The molecule has 1 aromatic carbocycles. The molecule has 0 fully saturated rings. The molecule has 22 heavy (non-hydrogen) atoms. The van der Waals surface area contributed by atoms with Gasteiger partial charge in [-0.05, 0) is 36.5 Å². The average molecular weight is 308 g/mol. The molecule has 0 radical (unpaired) electrons. The molecule has 3 heteroatoms. The zero-order chi connectivity index (χ0) is 16.4. The third-order valence-electron chi connectivity index (χ3n) is 4.00. The summed E-state index contributed by atoms with van der Waals surface area (Å²) in [5.41, 5.74) is 1.54. The van der Waals surface area contributed by atoms with Crippen molar-refractivity contribution in [2.45, 2.75) is 64.9 Å². The van der Waals surface area contributed by atoms with Gasteiger partial charge in [-0.2, -0.15) is 0 Å². The van der Waals surface area contributed by atoms with Gasteiger partial charge in [0.25, 0.3) is 0 Å². The Balaban J connectivity index is 2.48. The number of ether oxygens (including phenoxy) is 2.